The molecule has 0 spiro atoms. The molecule has 3 aromatic heterocycles. The van der Waals surface area contributed by atoms with Crippen molar-refractivity contribution in [2.75, 3.05) is 0 Å². The Hall–Kier alpha value is -2.38. The summed E-state index contributed by atoms with van der Waals surface area (Å²) in [7, 11) is -11.1. The zero-order chi connectivity index (χ0) is 88.2. The molecule has 119 heavy (non-hydrogen) atoms. The van der Waals surface area contributed by atoms with Gasteiger partial charge in [-0.1, -0.05) is 170 Å². The minimum absolute atomic E-state index is 0. The van der Waals surface area contributed by atoms with E-state index in [0.29, 0.717) is 33.8 Å². The van der Waals surface area contributed by atoms with Gasteiger partial charge in [0.05, 0.1) is 5.56 Å². The van der Waals surface area contributed by atoms with Crippen molar-refractivity contribution in [3.8, 4) is 0 Å². The number of halogens is 14. The molecule has 9 nitrogen and oxygen atoms in total. The monoisotopic (exact) mass is 2150 g/mol. The quantitative estimate of drug-likeness (QED) is 0.00746. The van der Waals surface area contributed by atoms with Crippen LogP contribution in [0.25, 0.3) is 6.08 Å². The van der Waals surface area contributed by atoms with Crippen LogP contribution in [0.1, 0.15) is 72.3 Å². The van der Waals surface area contributed by atoms with Crippen LogP contribution in [0.4, 0.5) is 39.5 Å². The number of nitrogens with zero attached hydrogens (tertiary/aromatic N) is 3. The van der Waals surface area contributed by atoms with E-state index in [2.05, 4.69) is 221 Å². The summed E-state index contributed by atoms with van der Waals surface area (Å²) >= 11 is 25.1. The highest BCUT2D eigenvalue weighted by Gasteiger charge is 2.42. The molecule has 8 rings (SSSR count). The first-order valence-electron chi connectivity index (χ1n) is 39.0. The molecule has 0 saturated carbocycles. The summed E-state index contributed by atoms with van der Waals surface area (Å²) in [4.78, 5) is 0. The molecule has 0 amide bonds. The Morgan fingerprint density at radius 3 is 0.891 bits per heavy atom. The first-order valence-corrected chi connectivity index (χ1v) is 69.5. The van der Waals surface area contributed by atoms with E-state index in [4.69, 9.17) is 71.7 Å². The number of pyridine rings is 3. The van der Waals surface area contributed by atoms with Crippen LogP contribution in [0.15, 0.2) is 193 Å². The number of hydrogen-bond donors (Lipinski definition) is 0. The van der Waals surface area contributed by atoms with E-state index in [0.717, 1.165) is 119 Å². The molecule has 5 aromatic carbocycles. The minimum atomic E-state index is -4.35. The first kappa shape index (κ1) is 113. The average Bonchev–Trinajstić information content (AvgIpc) is 0.843. The number of aryl methyl sites for hydroxylation is 7. The fourth-order valence-electron chi connectivity index (χ4n) is 12.7. The molecule has 0 fully saturated rings. The van der Waals surface area contributed by atoms with Gasteiger partial charge in [-0.15, -0.1) is 58.8 Å². The maximum absolute atomic E-state index is 13.0. The van der Waals surface area contributed by atoms with Crippen molar-refractivity contribution in [3.05, 3.63) is 260 Å². The number of hydrogen-bond acceptors (Lipinski definition) is 9. The third-order valence-corrected chi connectivity index (χ3v) is 52.6. The Bertz CT molecular complexity index is 4190. The lowest BCUT2D eigenvalue weighted by molar-refractivity contribution is -0.709. The molecule has 0 aliphatic rings. The van der Waals surface area contributed by atoms with Crippen LogP contribution in [0.3, 0.4) is 0 Å². The van der Waals surface area contributed by atoms with Crippen molar-refractivity contribution in [2.45, 2.75) is 225 Å². The maximum Gasteiger partial charge on any atom is 0.422 e. The minimum Gasteiger partial charge on any atom is -1.00 e. The van der Waals surface area contributed by atoms with Crippen molar-refractivity contribution in [1.82, 2.24) is 4.57 Å². The van der Waals surface area contributed by atoms with E-state index < -0.39 is 112 Å². The van der Waals surface area contributed by atoms with Crippen molar-refractivity contribution < 1.29 is 97.3 Å². The Balaban J connectivity index is 0.000000603. The Morgan fingerprint density at radius 2 is 0.655 bits per heavy atom. The summed E-state index contributed by atoms with van der Waals surface area (Å²) in [5.74, 6) is 3.05. The van der Waals surface area contributed by atoms with Crippen LogP contribution in [-0.2, 0) is 119 Å². The van der Waals surface area contributed by atoms with Gasteiger partial charge in [0.2, 0.25) is 10.1 Å². The standard InChI is InChI=1S/C38H50F6N2O2S2Si3.C24H38Cl2O2Si3.C9H9Cl.C7H6F3NS.C6H20O2Si3.2HI/c1-45-25-33(37(39,40)41)17-19-35(45)49-27-31-13-9-29(10-14-31)21-23-51(3,4)47-53(7,8)48-52(5,6)24-22-30-11-15-32(16-12-30)28-50-36-20-18-34(26-46(36)2)38(42,43)44;1-29(2,17-15-21-7-11-23(19-25)12-8-21)27-31(5,6)28-30(3,4)18-16-22-9-13-24(20-26)14-10-22;1-2-8-3-5-9(7-10)6-4-8;1-11-4-5(7(8,9)10)2-3-6(11)12;1-9(2)7-11(5,6)8-10(3)4;;/h9-20,25-26H,21-24,27-28H2,1-8H3;7-14H,15-20H2,1-6H3;2-6H,1,7H2;2-4H,1H3;9-10H,1-6H3;2*1H/q+2;;;;;;/p-1. The van der Waals surface area contributed by atoms with Gasteiger partial charge >= 0.3 is 44.2 Å². The number of aromatic nitrogens is 3. The van der Waals surface area contributed by atoms with Crippen molar-refractivity contribution >= 4 is 178 Å². The molecular weight excluding hydrogens is 2030 g/mol. The van der Waals surface area contributed by atoms with E-state index in [1.807, 2.05) is 30.3 Å². The Kier molecular flexibility index (Phi) is 48.8. The highest BCUT2D eigenvalue weighted by molar-refractivity contribution is 14.0. The van der Waals surface area contributed by atoms with Gasteiger partial charge in [0.15, 0.2) is 63.7 Å². The third kappa shape index (κ3) is 45.8. The van der Waals surface area contributed by atoms with Gasteiger partial charge < -0.3 is 53.2 Å². The van der Waals surface area contributed by atoms with E-state index in [1.54, 1.807) is 14.1 Å². The summed E-state index contributed by atoms with van der Waals surface area (Å²) in [6.45, 7) is 43.8. The van der Waals surface area contributed by atoms with Crippen LogP contribution in [0.5, 0.6) is 0 Å². The van der Waals surface area contributed by atoms with Gasteiger partial charge in [0.1, 0.15) is 29.9 Å². The van der Waals surface area contributed by atoms with E-state index in [9.17, 15) is 39.5 Å². The lowest BCUT2D eigenvalue weighted by Crippen LogP contribution is -3.00. The first-order chi connectivity index (χ1) is 54.0. The number of rotatable bonds is 34. The highest BCUT2D eigenvalue weighted by Crippen LogP contribution is 2.35. The zero-order valence-corrected chi connectivity index (χ0v) is 91.2. The van der Waals surface area contributed by atoms with E-state index in [1.165, 1.54) is 95.9 Å². The molecule has 0 N–H and O–H groups in total. The largest absolute Gasteiger partial charge is 1.00 e. The number of alkyl halides is 12. The molecular formula is C84H124Cl3F9I2N3O6S3Si9+. The second kappa shape index (κ2) is 51.6. The number of benzene rings is 5. The zero-order valence-electron chi connectivity index (χ0n) is 72.7. The van der Waals surface area contributed by atoms with Gasteiger partial charge in [0, 0.05) is 54.5 Å². The second-order valence-electron chi connectivity index (χ2n) is 33.3. The molecule has 662 valence electrons. The van der Waals surface area contributed by atoms with Crippen LogP contribution in [-0.4, -0.2) is 81.6 Å². The smallest absolute Gasteiger partial charge is 0.422 e. The average molecular weight is 2150 g/mol. The predicted octanol–water partition coefficient (Wildman–Crippen LogP) is 24.1. The van der Waals surface area contributed by atoms with Crippen molar-refractivity contribution in [3.63, 3.8) is 0 Å². The summed E-state index contributed by atoms with van der Waals surface area (Å²) < 4.78 is 158. The fraction of sp³-hybridized carbons (Fsp3) is 0.440. The maximum atomic E-state index is 13.0. The lowest BCUT2D eigenvalue weighted by atomic mass is 10.1. The molecule has 0 bridgehead atoms. The normalized spacial score (nSPS) is 12.4. The Labute approximate surface area is 778 Å². The van der Waals surface area contributed by atoms with Crippen LogP contribution >= 0.6 is 94.5 Å². The SMILES string of the molecule is C=Cc1ccc(CCl)cc1.C[SiH](C)O[Si](C)(C)O[SiH](C)C.C[Si](C)(CCc1ccc(CCl)cc1)O[Si](C)(C)O[Si](C)(C)CCc1ccc(CCl)cc1.C[n+]1cc(C(F)(F)F)ccc1SCc1ccc(CC[Si](C)(C)O[Si](C)(C)O[Si](C)(C)CCc2ccc(CSc3ccc(C(F)(F)F)c[n+]3C)cc2)cc1.Cn1cc(C(F)(F)F)ccc1=S.I.[I-]. The lowest BCUT2D eigenvalue weighted by Gasteiger charge is -2.39. The molecule has 0 aliphatic carbocycles. The molecule has 8 aromatic rings. The molecule has 35 heteroatoms. The number of thioether (sulfide) groups is 2. The van der Waals surface area contributed by atoms with Gasteiger partial charge in [-0.05, 0) is 248 Å². The van der Waals surface area contributed by atoms with Crippen molar-refractivity contribution in [2.24, 2.45) is 21.1 Å². The van der Waals surface area contributed by atoms with Gasteiger partial charge in [-0.2, -0.15) is 48.6 Å². The molecule has 0 unspecified atom stereocenters. The van der Waals surface area contributed by atoms with Gasteiger partial charge in [-0.3, -0.25) is 0 Å². The Morgan fingerprint density at radius 1 is 0.403 bits per heavy atom. The summed E-state index contributed by atoms with van der Waals surface area (Å²) in [5.41, 5.74) is 10.0. The predicted molar refractivity (Wildman–Crippen MR) is 513 cm³/mol. The highest BCUT2D eigenvalue weighted by atomic mass is 127. The third-order valence-electron chi connectivity index (χ3n) is 18.0. The van der Waals surface area contributed by atoms with Crippen LogP contribution < -0.4 is 33.1 Å². The summed E-state index contributed by atoms with van der Waals surface area (Å²) in [6.07, 6.45) is -4.05. The van der Waals surface area contributed by atoms with Crippen LogP contribution in [0.2, 0.25) is 142 Å². The molecule has 0 aliphatic heterocycles. The second-order valence-corrected chi connectivity index (χ2v) is 70.3. The summed E-state index contributed by atoms with van der Waals surface area (Å²) in [5, 5.41) is 1.54. The molecule has 3 heterocycles. The van der Waals surface area contributed by atoms with Crippen molar-refractivity contribution in [1.29, 1.82) is 0 Å². The molecule has 0 radical (unpaired) electrons. The van der Waals surface area contributed by atoms with E-state index >= 15 is 0 Å². The molecule has 0 atom stereocenters. The van der Waals surface area contributed by atoms with Gasteiger partial charge in [-0.25, -0.2) is 0 Å². The van der Waals surface area contributed by atoms with Crippen LogP contribution in [0, 0.1) is 4.64 Å². The van der Waals surface area contributed by atoms with E-state index in [-0.39, 0.29) is 48.0 Å². The fourth-order valence-corrected chi connectivity index (χ4v) is 52.6. The summed E-state index contributed by atoms with van der Waals surface area (Å²) in [6, 6.07) is 53.8. The topological polar surface area (TPSA) is 68.1 Å². The van der Waals surface area contributed by atoms with Gasteiger partial charge in [0.25, 0.3) is 0 Å². The molecule has 0 saturated heterocycles.